The fourth-order valence-electron chi connectivity index (χ4n) is 3.28. The summed E-state index contributed by atoms with van der Waals surface area (Å²) in [6.07, 6.45) is 0.160. The summed E-state index contributed by atoms with van der Waals surface area (Å²) in [7, 11) is -3.40. The van der Waals surface area contributed by atoms with Gasteiger partial charge >= 0.3 is 6.18 Å². The molecular formula is C23H27F3IN3O3S. The van der Waals surface area contributed by atoms with Crippen molar-refractivity contribution < 1.29 is 26.4 Å². The molecule has 0 atom stereocenters. The van der Waals surface area contributed by atoms with Crippen LogP contribution in [-0.2, 0) is 34.0 Å². The third-order valence-corrected chi connectivity index (χ3v) is 6.20. The van der Waals surface area contributed by atoms with Crippen molar-refractivity contribution in [1.82, 2.24) is 10.3 Å². The minimum atomic E-state index is -4.53. The second-order valence-electron chi connectivity index (χ2n) is 7.76. The van der Waals surface area contributed by atoms with E-state index in [1.807, 2.05) is 36.4 Å². The number of aryl methyl sites for hydroxylation is 1. The third-order valence-electron chi connectivity index (χ3n) is 4.72. The predicted octanol–water partition coefficient (Wildman–Crippen LogP) is 5.53. The number of nitrogens with zero attached hydrogens (tertiary/aromatic N) is 1. The van der Waals surface area contributed by atoms with Crippen LogP contribution in [-0.4, -0.2) is 25.6 Å². The molecule has 0 aliphatic heterocycles. The van der Waals surface area contributed by atoms with Gasteiger partial charge in [-0.3, -0.25) is 9.52 Å². The molecule has 0 spiro atoms. The first-order valence-corrected chi connectivity index (χ1v) is 13.6. The molecule has 0 radical (unpaired) electrons. The normalized spacial score (nSPS) is 12.5. The lowest BCUT2D eigenvalue weighted by atomic mass is 9.96. The lowest BCUT2D eigenvalue weighted by Crippen LogP contribution is -2.21. The number of benzene rings is 1. The number of amides is 1. The highest BCUT2D eigenvalue weighted by atomic mass is 127. The van der Waals surface area contributed by atoms with Gasteiger partial charge in [0.25, 0.3) is 0 Å². The van der Waals surface area contributed by atoms with Crippen LogP contribution >= 0.6 is 22.6 Å². The largest absolute Gasteiger partial charge is 0.433 e. The number of alkyl halides is 3. The van der Waals surface area contributed by atoms with Crippen LogP contribution in [0, 0.1) is 3.57 Å². The second kappa shape index (κ2) is 12.0. The number of rotatable bonds is 10. The number of pyridine rings is 1. The molecule has 0 saturated carbocycles. The number of aromatic nitrogens is 1. The van der Waals surface area contributed by atoms with E-state index in [4.69, 9.17) is 0 Å². The summed E-state index contributed by atoms with van der Waals surface area (Å²) in [6.45, 7) is 3.99. The zero-order valence-corrected chi connectivity index (χ0v) is 22.1. The van der Waals surface area contributed by atoms with Crippen LogP contribution in [0.2, 0.25) is 0 Å². The maximum Gasteiger partial charge on any atom is 0.433 e. The zero-order valence-electron chi connectivity index (χ0n) is 19.1. The smallest absolute Gasteiger partial charge is 0.348 e. The Morgan fingerprint density at radius 2 is 1.85 bits per heavy atom. The molecule has 1 aromatic heterocycles. The lowest BCUT2D eigenvalue weighted by molar-refractivity contribution is -0.141. The predicted molar refractivity (Wildman–Crippen MR) is 136 cm³/mol. The molecule has 2 aromatic rings. The molecule has 0 fully saturated rings. The van der Waals surface area contributed by atoms with Crippen molar-refractivity contribution in [3.63, 3.8) is 0 Å². The van der Waals surface area contributed by atoms with Crippen molar-refractivity contribution in [2.75, 3.05) is 11.0 Å². The van der Waals surface area contributed by atoms with Gasteiger partial charge in [-0.25, -0.2) is 13.4 Å². The molecule has 1 heterocycles. The van der Waals surface area contributed by atoms with Gasteiger partial charge in [-0.2, -0.15) is 13.2 Å². The molecule has 6 nitrogen and oxygen atoms in total. The number of carbonyl (C=O) groups excluding carboxylic acids is 1. The van der Waals surface area contributed by atoms with Gasteiger partial charge in [0.1, 0.15) is 5.69 Å². The van der Waals surface area contributed by atoms with E-state index in [2.05, 4.69) is 15.0 Å². The second-order valence-corrected chi connectivity index (χ2v) is 10.7. The van der Waals surface area contributed by atoms with E-state index >= 15 is 0 Å². The van der Waals surface area contributed by atoms with Crippen LogP contribution in [0.5, 0.6) is 0 Å². The Morgan fingerprint density at radius 3 is 2.41 bits per heavy atom. The van der Waals surface area contributed by atoms with Crippen molar-refractivity contribution >= 4 is 49.8 Å². The Bertz CT molecular complexity index is 1170. The summed E-state index contributed by atoms with van der Waals surface area (Å²) in [5.41, 5.74) is 1.79. The molecule has 2 rings (SSSR count). The number of hydrogen-bond donors (Lipinski definition) is 2. The van der Waals surface area contributed by atoms with Gasteiger partial charge in [0.2, 0.25) is 15.9 Å². The van der Waals surface area contributed by atoms with Gasteiger partial charge in [0.05, 0.1) is 11.9 Å². The first kappa shape index (κ1) is 28.1. The summed E-state index contributed by atoms with van der Waals surface area (Å²) >= 11 is 2.00. The van der Waals surface area contributed by atoms with Crippen LogP contribution in [0.3, 0.4) is 0 Å². The van der Waals surface area contributed by atoms with E-state index in [9.17, 15) is 26.4 Å². The Kier molecular flexibility index (Phi) is 9.92. The fourth-order valence-corrected chi connectivity index (χ4v) is 4.76. The molecule has 0 saturated heterocycles. The molecular weight excluding hydrogens is 582 g/mol. The lowest BCUT2D eigenvalue weighted by Gasteiger charge is -2.15. The molecule has 0 bridgehead atoms. The van der Waals surface area contributed by atoms with Crippen molar-refractivity contribution in [1.29, 1.82) is 0 Å². The molecule has 34 heavy (non-hydrogen) atoms. The van der Waals surface area contributed by atoms with E-state index in [0.29, 0.717) is 51.8 Å². The third kappa shape index (κ3) is 8.57. The van der Waals surface area contributed by atoms with Gasteiger partial charge in [-0.15, -0.1) is 0 Å². The Labute approximate surface area is 211 Å². The number of halogens is 4. The molecule has 186 valence electrons. The van der Waals surface area contributed by atoms with Crippen molar-refractivity contribution in [3.8, 4) is 0 Å². The first-order valence-electron chi connectivity index (χ1n) is 10.7. The molecule has 1 aromatic carbocycles. The average molecular weight is 609 g/mol. The van der Waals surface area contributed by atoms with Crippen molar-refractivity contribution in [2.45, 2.75) is 52.3 Å². The van der Waals surface area contributed by atoms with E-state index in [1.165, 1.54) is 12.1 Å². The number of hydrogen-bond acceptors (Lipinski definition) is 4. The van der Waals surface area contributed by atoms with Crippen LogP contribution in [0.15, 0.2) is 36.4 Å². The van der Waals surface area contributed by atoms with Gasteiger partial charge in [0, 0.05) is 21.9 Å². The van der Waals surface area contributed by atoms with E-state index in [0.717, 1.165) is 17.9 Å². The summed E-state index contributed by atoms with van der Waals surface area (Å²) in [5, 5.41) is 2.78. The highest BCUT2D eigenvalue weighted by Crippen LogP contribution is 2.31. The van der Waals surface area contributed by atoms with Crippen LogP contribution in [0.4, 0.5) is 18.9 Å². The standard InChI is InChI=1S/C23H27F3IN3O3S/c1-4-6-16(17-9-11-21(23(24,25)26)29-19(17)7-5-2)13-22(31)28-14-15-8-10-20(18(27)12-15)30-34(3,32)33/h8-13,30H,4-7,14H2,1-3H3,(H,28,31)/b16-13+. The number of allylic oxidation sites excluding steroid dienone is 1. The van der Waals surface area contributed by atoms with E-state index in [1.54, 1.807) is 18.2 Å². The number of nitrogens with one attached hydrogen (secondary N) is 2. The quantitative estimate of drug-likeness (QED) is 0.274. The Morgan fingerprint density at radius 1 is 1.15 bits per heavy atom. The van der Waals surface area contributed by atoms with Crippen molar-refractivity contribution in [2.24, 2.45) is 0 Å². The Hall–Kier alpha value is -2.15. The molecule has 0 aliphatic carbocycles. The van der Waals surface area contributed by atoms with Crippen LogP contribution < -0.4 is 10.0 Å². The number of sulfonamides is 1. The summed E-state index contributed by atoms with van der Waals surface area (Å²) in [6, 6.07) is 7.42. The zero-order chi connectivity index (χ0) is 25.5. The Balaban J connectivity index is 2.23. The van der Waals surface area contributed by atoms with E-state index in [-0.39, 0.29) is 12.5 Å². The van der Waals surface area contributed by atoms with Gasteiger partial charge < -0.3 is 5.32 Å². The molecule has 0 aliphatic rings. The number of carbonyl (C=O) groups is 1. The maximum absolute atomic E-state index is 13.1. The van der Waals surface area contributed by atoms with Gasteiger partial charge in [-0.05, 0) is 70.3 Å². The summed E-state index contributed by atoms with van der Waals surface area (Å²) < 4.78 is 65.3. The van der Waals surface area contributed by atoms with Crippen molar-refractivity contribution in [3.05, 3.63) is 62.5 Å². The highest BCUT2D eigenvalue weighted by molar-refractivity contribution is 14.1. The fraction of sp³-hybridized carbons (Fsp3) is 0.391. The molecule has 11 heteroatoms. The minimum absolute atomic E-state index is 0.205. The van der Waals surface area contributed by atoms with Crippen LogP contribution in [0.1, 0.15) is 55.6 Å². The SMILES string of the molecule is CCC/C(=C\C(=O)NCc1ccc(NS(C)(=O)=O)c(I)c1)c1ccc(C(F)(F)F)nc1CCC. The summed E-state index contributed by atoms with van der Waals surface area (Å²) in [5.74, 6) is -0.376. The van der Waals surface area contributed by atoms with E-state index < -0.39 is 21.9 Å². The highest BCUT2D eigenvalue weighted by Gasteiger charge is 2.33. The van der Waals surface area contributed by atoms with Gasteiger partial charge in [0.15, 0.2) is 0 Å². The van der Waals surface area contributed by atoms with Crippen LogP contribution in [0.25, 0.3) is 5.57 Å². The summed E-state index contributed by atoms with van der Waals surface area (Å²) in [4.78, 5) is 16.5. The number of anilines is 1. The maximum atomic E-state index is 13.1. The van der Waals surface area contributed by atoms with Gasteiger partial charge in [-0.1, -0.05) is 38.8 Å². The minimum Gasteiger partial charge on any atom is -0.348 e. The molecule has 0 unspecified atom stereocenters. The molecule has 1 amide bonds. The topological polar surface area (TPSA) is 88.2 Å². The average Bonchev–Trinajstić information content (AvgIpc) is 2.72. The first-order chi connectivity index (χ1) is 15.8. The monoisotopic (exact) mass is 609 g/mol. The molecule has 2 N–H and O–H groups in total.